The summed E-state index contributed by atoms with van der Waals surface area (Å²) < 4.78 is 17.0. The van der Waals surface area contributed by atoms with Crippen LogP contribution in [0.4, 0.5) is 5.88 Å². The van der Waals surface area contributed by atoms with E-state index in [2.05, 4.69) is 5.32 Å². The molecule has 7 nitrogen and oxygen atoms in total. The Balaban J connectivity index is 1.73. The molecule has 0 spiro atoms. The summed E-state index contributed by atoms with van der Waals surface area (Å²) in [4.78, 5) is 28.3. The molecule has 0 unspecified atom stereocenters. The van der Waals surface area contributed by atoms with Gasteiger partial charge in [0.25, 0.3) is 0 Å². The number of morpholine rings is 1. The summed E-state index contributed by atoms with van der Waals surface area (Å²) in [5, 5.41) is 3.57. The zero-order chi connectivity index (χ0) is 22.8. The van der Waals surface area contributed by atoms with E-state index < -0.39 is 0 Å². The molecule has 1 N–H and O–H groups in total. The van der Waals surface area contributed by atoms with Gasteiger partial charge in [0, 0.05) is 18.1 Å². The van der Waals surface area contributed by atoms with Gasteiger partial charge in [-0.1, -0.05) is 23.7 Å². The molecule has 8 heteroatoms. The van der Waals surface area contributed by atoms with Crippen molar-refractivity contribution in [1.82, 2.24) is 4.90 Å². The zero-order valence-electron chi connectivity index (χ0n) is 18.2. The first-order valence-electron chi connectivity index (χ1n) is 10.4. The fraction of sp³-hybridized carbons (Fsp3) is 0.333. The zero-order valence-corrected chi connectivity index (χ0v) is 18.9. The Kier molecular flexibility index (Phi) is 6.50. The lowest BCUT2D eigenvalue weighted by Crippen LogP contribution is -2.48. The van der Waals surface area contributed by atoms with Crippen molar-refractivity contribution in [3.63, 3.8) is 0 Å². The Bertz CT molecular complexity index is 1200. The van der Waals surface area contributed by atoms with E-state index in [1.807, 2.05) is 18.7 Å². The monoisotopic (exact) mass is 456 g/mol. The van der Waals surface area contributed by atoms with E-state index in [0.29, 0.717) is 40.4 Å². The van der Waals surface area contributed by atoms with Crippen LogP contribution in [-0.4, -0.2) is 49.8 Å². The lowest BCUT2D eigenvalue weighted by molar-refractivity contribution is -0.121. The lowest BCUT2D eigenvalue weighted by Gasteiger charge is -2.34. The average molecular weight is 457 g/mol. The molecule has 1 saturated heterocycles. The van der Waals surface area contributed by atoms with Gasteiger partial charge in [0.15, 0.2) is 0 Å². The summed E-state index contributed by atoms with van der Waals surface area (Å²) in [6.07, 6.45) is 0.0875. The molecular weight excluding hydrogens is 432 g/mol. The van der Waals surface area contributed by atoms with Gasteiger partial charge in [-0.2, -0.15) is 0 Å². The Hall–Kier alpha value is -2.87. The maximum absolute atomic E-state index is 13.4. The van der Waals surface area contributed by atoms with E-state index in [1.54, 1.807) is 49.6 Å². The molecule has 1 aromatic heterocycles. The fourth-order valence-corrected chi connectivity index (χ4v) is 4.25. The Labute approximate surface area is 190 Å². The third kappa shape index (κ3) is 4.80. The molecule has 2 heterocycles. The topological polar surface area (TPSA) is 81.0 Å². The molecule has 1 fully saturated rings. The van der Waals surface area contributed by atoms with Gasteiger partial charge in [-0.25, -0.2) is 0 Å². The Morgan fingerprint density at radius 3 is 2.66 bits per heavy atom. The van der Waals surface area contributed by atoms with Crippen LogP contribution in [0, 0.1) is 0 Å². The predicted octanol–water partition coefficient (Wildman–Crippen LogP) is 4.17. The van der Waals surface area contributed by atoms with Gasteiger partial charge < -0.3 is 13.9 Å². The molecule has 1 aliphatic heterocycles. The summed E-state index contributed by atoms with van der Waals surface area (Å²) in [6.45, 7) is 5.43. The van der Waals surface area contributed by atoms with Crippen molar-refractivity contribution >= 4 is 34.4 Å². The van der Waals surface area contributed by atoms with Crippen LogP contribution in [0.15, 0.2) is 51.7 Å². The minimum absolute atomic E-state index is 0.0437. The minimum atomic E-state index is -0.286. The smallest absolute Gasteiger partial charge is 0.240 e. The molecular formula is C24H25ClN2O5. The van der Waals surface area contributed by atoms with Crippen LogP contribution >= 0.6 is 11.6 Å². The number of halogens is 1. The second-order valence-electron chi connectivity index (χ2n) is 8.01. The van der Waals surface area contributed by atoms with Crippen molar-refractivity contribution in [2.24, 2.45) is 0 Å². The normalized spacial score (nSPS) is 19.1. The summed E-state index contributed by atoms with van der Waals surface area (Å²) in [5.74, 6) is 0.408. The van der Waals surface area contributed by atoms with Gasteiger partial charge in [0.2, 0.25) is 17.2 Å². The van der Waals surface area contributed by atoms with Gasteiger partial charge in [0.1, 0.15) is 11.3 Å². The number of amides is 1. The van der Waals surface area contributed by atoms with Crippen LogP contribution in [0.25, 0.3) is 22.1 Å². The van der Waals surface area contributed by atoms with Crippen molar-refractivity contribution in [3.8, 4) is 16.9 Å². The van der Waals surface area contributed by atoms with E-state index in [1.165, 1.54) is 0 Å². The number of fused-ring (bicyclic) bond motifs is 1. The number of rotatable bonds is 5. The van der Waals surface area contributed by atoms with E-state index >= 15 is 0 Å². The molecule has 1 amide bonds. The minimum Gasteiger partial charge on any atom is -0.497 e. The molecule has 0 saturated carbocycles. The third-order valence-electron chi connectivity index (χ3n) is 5.33. The van der Waals surface area contributed by atoms with Crippen molar-refractivity contribution < 1.29 is 18.7 Å². The standard InChI is InChI=1S/C24H25ClN2O5/c1-14-11-27(12-15(2)31-14)13-21(28)26-24-22(16-5-4-6-18(9-16)30-3)23(29)19-10-17(25)7-8-20(19)32-24/h4-10,14-15H,11-13H2,1-3H3,(H,26,28)/t14-,15-/m1/s1. The highest BCUT2D eigenvalue weighted by atomic mass is 35.5. The number of methoxy groups -OCH3 is 1. The van der Waals surface area contributed by atoms with Gasteiger partial charge in [0.05, 0.1) is 36.8 Å². The Morgan fingerprint density at radius 1 is 1.19 bits per heavy atom. The van der Waals surface area contributed by atoms with Crippen LogP contribution in [0.1, 0.15) is 13.8 Å². The molecule has 3 aromatic rings. The highest BCUT2D eigenvalue weighted by Crippen LogP contribution is 2.31. The SMILES string of the molecule is COc1cccc(-c2c(NC(=O)CN3C[C@@H](C)O[C@H](C)C3)oc3ccc(Cl)cc3c2=O)c1. The first-order valence-corrected chi connectivity index (χ1v) is 10.8. The maximum atomic E-state index is 13.4. The number of nitrogens with one attached hydrogen (secondary N) is 1. The number of ether oxygens (including phenoxy) is 2. The lowest BCUT2D eigenvalue weighted by atomic mass is 10.0. The summed E-state index contributed by atoms with van der Waals surface area (Å²) in [5.41, 5.74) is 0.875. The molecule has 0 radical (unpaired) electrons. The van der Waals surface area contributed by atoms with Crippen LogP contribution < -0.4 is 15.5 Å². The van der Waals surface area contributed by atoms with Crippen LogP contribution in [-0.2, 0) is 9.53 Å². The van der Waals surface area contributed by atoms with Crippen LogP contribution in [0.3, 0.4) is 0 Å². The number of hydrogen-bond donors (Lipinski definition) is 1. The van der Waals surface area contributed by atoms with E-state index in [-0.39, 0.29) is 41.5 Å². The van der Waals surface area contributed by atoms with E-state index in [0.717, 1.165) is 0 Å². The quantitative estimate of drug-likeness (QED) is 0.620. The highest BCUT2D eigenvalue weighted by Gasteiger charge is 2.25. The number of benzene rings is 2. The highest BCUT2D eigenvalue weighted by molar-refractivity contribution is 6.31. The predicted molar refractivity (Wildman–Crippen MR) is 125 cm³/mol. The third-order valence-corrected chi connectivity index (χ3v) is 5.56. The number of hydrogen-bond acceptors (Lipinski definition) is 6. The second kappa shape index (κ2) is 9.32. The maximum Gasteiger partial charge on any atom is 0.240 e. The molecule has 2 atom stereocenters. The number of carbonyl (C=O) groups excluding carboxylic acids is 1. The van der Waals surface area contributed by atoms with E-state index in [9.17, 15) is 9.59 Å². The van der Waals surface area contributed by atoms with Crippen molar-refractivity contribution in [2.75, 3.05) is 32.1 Å². The van der Waals surface area contributed by atoms with Crippen molar-refractivity contribution in [1.29, 1.82) is 0 Å². The largest absolute Gasteiger partial charge is 0.497 e. The first-order chi connectivity index (χ1) is 15.3. The second-order valence-corrected chi connectivity index (χ2v) is 8.44. The molecule has 2 aromatic carbocycles. The van der Waals surface area contributed by atoms with Crippen molar-refractivity contribution in [3.05, 3.63) is 57.7 Å². The average Bonchev–Trinajstić information content (AvgIpc) is 2.73. The van der Waals surface area contributed by atoms with Crippen molar-refractivity contribution in [2.45, 2.75) is 26.1 Å². The number of anilines is 1. The van der Waals surface area contributed by atoms with Gasteiger partial charge in [-0.05, 0) is 49.7 Å². The van der Waals surface area contributed by atoms with E-state index in [4.69, 9.17) is 25.5 Å². The molecule has 0 bridgehead atoms. The van der Waals surface area contributed by atoms with Gasteiger partial charge >= 0.3 is 0 Å². The molecule has 0 aliphatic carbocycles. The van der Waals surface area contributed by atoms with Gasteiger partial charge in [-0.3, -0.25) is 19.8 Å². The Morgan fingerprint density at radius 2 is 1.94 bits per heavy atom. The van der Waals surface area contributed by atoms with Crippen LogP contribution in [0.2, 0.25) is 5.02 Å². The summed E-state index contributed by atoms with van der Waals surface area (Å²) >= 11 is 6.11. The van der Waals surface area contributed by atoms with Crippen LogP contribution in [0.5, 0.6) is 5.75 Å². The summed E-state index contributed by atoms with van der Waals surface area (Å²) in [6, 6.07) is 11.9. The number of carbonyl (C=O) groups is 1. The summed E-state index contributed by atoms with van der Waals surface area (Å²) in [7, 11) is 1.55. The van der Waals surface area contributed by atoms with Gasteiger partial charge in [-0.15, -0.1) is 0 Å². The first kappa shape index (κ1) is 22.3. The molecule has 168 valence electrons. The number of nitrogens with zero attached hydrogens (tertiary/aromatic N) is 1. The molecule has 4 rings (SSSR count). The molecule has 32 heavy (non-hydrogen) atoms. The molecule has 1 aliphatic rings. The fourth-order valence-electron chi connectivity index (χ4n) is 4.08.